The molecular weight excluding hydrogens is 292 g/mol. The molecule has 3 N–H and O–H groups in total. The van der Waals surface area contributed by atoms with Crippen molar-refractivity contribution in [2.45, 2.75) is 43.0 Å². The SMILES string of the molecule is CCC1(NS(=O)(=O)c2cc(N)ccc2C(=O)OC)CCC1. The molecule has 0 heterocycles. The smallest absolute Gasteiger partial charge is 0.339 e. The van der Waals surface area contributed by atoms with E-state index >= 15 is 0 Å². The predicted octanol–water partition coefficient (Wildman–Crippen LogP) is 1.67. The zero-order chi connectivity index (χ0) is 15.7. The van der Waals surface area contributed by atoms with Crippen molar-refractivity contribution in [2.75, 3.05) is 12.8 Å². The third-order valence-electron chi connectivity index (χ3n) is 4.04. The van der Waals surface area contributed by atoms with Gasteiger partial charge in [0.2, 0.25) is 10.0 Å². The standard InChI is InChI=1S/C14H20N2O4S/c1-3-14(7-4-8-14)16-21(18,19)12-9-10(15)5-6-11(12)13(17)20-2/h5-6,9,16H,3-4,7-8,15H2,1-2H3. The fraction of sp³-hybridized carbons (Fsp3) is 0.500. The van der Waals surface area contributed by atoms with E-state index in [1.54, 1.807) is 0 Å². The van der Waals surface area contributed by atoms with E-state index in [0.717, 1.165) is 19.3 Å². The van der Waals surface area contributed by atoms with Crippen molar-refractivity contribution in [2.24, 2.45) is 0 Å². The molecule has 0 aromatic heterocycles. The number of anilines is 1. The number of esters is 1. The van der Waals surface area contributed by atoms with E-state index in [1.807, 2.05) is 6.92 Å². The van der Waals surface area contributed by atoms with Crippen molar-refractivity contribution in [3.63, 3.8) is 0 Å². The van der Waals surface area contributed by atoms with Gasteiger partial charge in [-0.2, -0.15) is 0 Å². The largest absolute Gasteiger partial charge is 0.465 e. The average Bonchev–Trinajstić information content (AvgIpc) is 2.42. The Balaban J connectivity index is 2.44. The molecule has 0 unspecified atom stereocenters. The summed E-state index contributed by atoms with van der Waals surface area (Å²) in [7, 11) is -2.62. The molecule has 1 aliphatic rings. The Morgan fingerprint density at radius 2 is 2.10 bits per heavy atom. The number of nitrogens with one attached hydrogen (secondary N) is 1. The number of rotatable bonds is 5. The van der Waals surface area contributed by atoms with Crippen molar-refractivity contribution in [3.05, 3.63) is 23.8 Å². The summed E-state index contributed by atoms with van der Waals surface area (Å²) in [5, 5.41) is 0. The molecule has 0 aliphatic heterocycles. The van der Waals surface area contributed by atoms with Crippen LogP contribution in [0.5, 0.6) is 0 Å². The topological polar surface area (TPSA) is 98.5 Å². The quantitative estimate of drug-likeness (QED) is 0.636. The molecule has 0 spiro atoms. The molecule has 2 rings (SSSR count). The number of hydrogen-bond donors (Lipinski definition) is 2. The van der Waals surface area contributed by atoms with Gasteiger partial charge in [-0.15, -0.1) is 0 Å². The first-order valence-electron chi connectivity index (χ1n) is 6.85. The second kappa shape index (κ2) is 5.65. The Hall–Kier alpha value is -1.60. The van der Waals surface area contributed by atoms with Crippen LogP contribution in [0.3, 0.4) is 0 Å². The first kappa shape index (κ1) is 15.8. The molecule has 0 radical (unpaired) electrons. The summed E-state index contributed by atoms with van der Waals surface area (Å²) in [5.74, 6) is -0.700. The Bertz CT molecular complexity index is 645. The van der Waals surface area contributed by atoms with E-state index in [4.69, 9.17) is 5.73 Å². The number of methoxy groups -OCH3 is 1. The predicted molar refractivity (Wildman–Crippen MR) is 79.4 cm³/mol. The van der Waals surface area contributed by atoms with E-state index in [0.29, 0.717) is 6.42 Å². The molecular formula is C14H20N2O4S. The third-order valence-corrected chi connectivity index (χ3v) is 5.66. The van der Waals surface area contributed by atoms with Gasteiger partial charge in [0.25, 0.3) is 0 Å². The van der Waals surface area contributed by atoms with Crippen molar-refractivity contribution in [1.82, 2.24) is 4.72 Å². The molecule has 1 saturated carbocycles. The van der Waals surface area contributed by atoms with Gasteiger partial charge in [-0.05, 0) is 43.9 Å². The number of benzene rings is 1. The summed E-state index contributed by atoms with van der Waals surface area (Å²) in [5.41, 5.74) is 5.53. The number of ether oxygens (including phenoxy) is 1. The van der Waals surface area contributed by atoms with Gasteiger partial charge in [0.1, 0.15) is 0 Å². The second-order valence-corrected chi connectivity index (χ2v) is 6.99. The lowest BCUT2D eigenvalue weighted by molar-refractivity contribution is 0.0596. The fourth-order valence-electron chi connectivity index (χ4n) is 2.51. The van der Waals surface area contributed by atoms with E-state index < -0.39 is 21.5 Å². The van der Waals surface area contributed by atoms with Gasteiger partial charge in [0.15, 0.2) is 0 Å². The van der Waals surface area contributed by atoms with Crippen molar-refractivity contribution >= 4 is 21.7 Å². The molecule has 1 aromatic rings. The summed E-state index contributed by atoms with van der Waals surface area (Å²) in [6.07, 6.45) is 3.32. The van der Waals surface area contributed by atoms with Gasteiger partial charge < -0.3 is 10.5 Å². The number of hydrogen-bond acceptors (Lipinski definition) is 5. The average molecular weight is 312 g/mol. The highest BCUT2D eigenvalue weighted by atomic mass is 32.2. The minimum atomic E-state index is -3.83. The summed E-state index contributed by atoms with van der Waals surface area (Å²) in [4.78, 5) is 11.6. The van der Waals surface area contributed by atoms with Crippen LogP contribution in [0, 0.1) is 0 Å². The number of carbonyl (C=O) groups excluding carboxylic acids is 1. The highest BCUT2D eigenvalue weighted by molar-refractivity contribution is 7.89. The second-order valence-electron chi connectivity index (χ2n) is 5.34. The van der Waals surface area contributed by atoms with Crippen LogP contribution in [0.15, 0.2) is 23.1 Å². The molecule has 0 atom stereocenters. The van der Waals surface area contributed by atoms with Crippen LogP contribution in [-0.2, 0) is 14.8 Å². The lowest BCUT2D eigenvalue weighted by Gasteiger charge is -2.41. The van der Waals surface area contributed by atoms with E-state index in [-0.39, 0.29) is 16.1 Å². The Morgan fingerprint density at radius 1 is 1.43 bits per heavy atom. The van der Waals surface area contributed by atoms with Crippen molar-refractivity contribution < 1.29 is 17.9 Å². The minimum absolute atomic E-state index is 0.00947. The molecule has 1 fully saturated rings. The molecule has 0 amide bonds. The number of nitrogens with two attached hydrogens (primary N) is 1. The normalized spacial score (nSPS) is 17.0. The maximum absolute atomic E-state index is 12.6. The maximum atomic E-state index is 12.6. The third kappa shape index (κ3) is 3.03. The number of nitrogen functional groups attached to an aromatic ring is 1. The summed E-state index contributed by atoms with van der Waals surface area (Å²) >= 11 is 0. The number of sulfonamides is 1. The molecule has 21 heavy (non-hydrogen) atoms. The molecule has 116 valence electrons. The molecule has 0 bridgehead atoms. The zero-order valence-corrected chi connectivity index (χ0v) is 13.0. The van der Waals surface area contributed by atoms with Gasteiger partial charge in [-0.25, -0.2) is 17.9 Å². The van der Waals surface area contributed by atoms with Gasteiger partial charge in [0, 0.05) is 11.2 Å². The molecule has 6 nitrogen and oxygen atoms in total. The van der Waals surface area contributed by atoms with Crippen LogP contribution in [-0.4, -0.2) is 27.0 Å². The first-order valence-corrected chi connectivity index (χ1v) is 8.34. The lowest BCUT2D eigenvalue weighted by atomic mass is 9.76. The Labute approximate surface area is 124 Å². The lowest BCUT2D eigenvalue weighted by Crippen LogP contribution is -2.52. The van der Waals surface area contributed by atoms with Gasteiger partial charge in [-0.1, -0.05) is 6.92 Å². The summed E-state index contributed by atoms with van der Waals surface area (Å²) in [6.45, 7) is 1.95. The minimum Gasteiger partial charge on any atom is -0.465 e. The Morgan fingerprint density at radius 3 is 2.57 bits per heavy atom. The van der Waals surface area contributed by atoms with Crippen LogP contribution in [0.1, 0.15) is 43.0 Å². The van der Waals surface area contributed by atoms with Crippen molar-refractivity contribution in [1.29, 1.82) is 0 Å². The monoisotopic (exact) mass is 312 g/mol. The van der Waals surface area contributed by atoms with Gasteiger partial charge >= 0.3 is 5.97 Å². The van der Waals surface area contributed by atoms with Crippen LogP contribution in [0.25, 0.3) is 0 Å². The first-order chi connectivity index (χ1) is 9.83. The van der Waals surface area contributed by atoms with Crippen molar-refractivity contribution in [3.8, 4) is 0 Å². The zero-order valence-electron chi connectivity index (χ0n) is 12.2. The molecule has 1 aliphatic carbocycles. The van der Waals surface area contributed by atoms with Crippen LogP contribution >= 0.6 is 0 Å². The van der Waals surface area contributed by atoms with Crippen LogP contribution in [0.4, 0.5) is 5.69 Å². The van der Waals surface area contributed by atoms with Gasteiger partial charge in [-0.3, -0.25) is 0 Å². The maximum Gasteiger partial charge on any atom is 0.339 e. The molecule has 7 heteroatoms. The van der Waals surface area contributed by atoms with E-state index in [2.05, 4.69) is 9.46 Å². The summed E-state index contributed by atoms with van der Waals surface area (Å²) in [6, 6.07) is 4.13. The number of carbonyl (C=O) groups is 1. The highest BCUT2D eigenvalue weighted by Gasteiger charge is 2.40. The van der Waals surface area contributed by atoms with E-state index in [1.165, 1.54) is 25.3 Å². The summed E-state index contributed by atoms with van der Waals surface area (Å²) < 4.78 is 32.6. The van der Waals surface area contributed by atoms with Gasteiger partial charge in [0.05, 0.1) is 17.6 Å². The fourth-order valence-corrected chi connectivity index (χ4v) is 4.27. The Kier molecular flexibility index (Phi) is 4.25. The molecule has 1 aromatic carbocycles. The highest BCUT2D eigenvalue weighted by Crippen LogP contribution is 2.36. The van der Waals surface area contributed by atoms with Crippen LogP contribution in [0.2, 0.25) is 0 Å². The van der Waals surface area contributed by atoms with E-state index in [9.17, 15) is 13.2 Å². The van der Waals surface area contributed by atoms with Crippen LogP contribution < -0.4 is 10.5 Å². The molecule has 0 saturated heterocycles.